The highest BCUT2D eigenvalue weighted by Crippen LogP contribution is 2.27. The third-order valence-corrected chi connectivity index (χ3v) is 3.19. The molecule has 0 atom stereocenters. The summed E-state index contributed by atoms with van der Waals surface area (Å²) in [5.74, 6) is -1.35. The Labute approximate surface area is 113 Å². The summed E-state index contributed by atoms with van der Waals surface area (Å²) >= 11 is 0. The van der Waals surface area contributed by atoms with Gasteiger partial charge in [-0.2, -0.15) is 0 Å². The second kappa shape index (κ2) is 4.52. The van der Waals surface area contributed by atoms with Crippen molar-refractivity contribution in [2.75, 3.05) is 0 Å². The van der Waals surface area contributed by atoms with Crippen LogP contribution in [0, 0.1) is 11.6 Å². The Balaban J connectivity index is 2.37. The first-order chi connectivity index (χ1) is 9.58. The molecule has 3 aromatic rings. The van der Waals surface area contributed by atoms with E-state index in [2.05, 4.69) is 4.98 Å². The van der Waals surface area contributed by atoms with E-state index < -0.39 is 11.6 Å². The van der Waals surface area contributed by atoms with Crippen LogP contribution in [-0.2, 0) is 7.05 Å². The Hall–Kier alpha value is -2.56. The van der Waals surface area contributed by atoms with Crippen molar-refractivity contribution in [3.05, 3.63) is 64.7 Å². The first-order valence-corrected chi connectivity index (χ1v) is 5.97. The van der Waals surface area contributed by atoms with E-state index in [9.17, 15) is 13.6 Å². The second-order valence-electron chi connectivity index (χ2n) is 4.48. The fourth-order valence-corrected chi connectivity index (χ4v) is 2.17. The van der Waals surface area contributed by atoms with Gasteiger partial charge in [0.2, 0.25) is 0 Å². The van der Waals surface area contributed by atoms with E-state index in [1.165, 1.54) is 22.9 Å². The molecule has 0 saturated carbocycles. The lowest BCUT2D eigenvalue weighted by atomic mass is 10.0. The molecule has 0 bridgehead atoms. The maximum Gasteiger partial charge on any atom is 0.258 e. The Morgan fingerprint density at radius 3 is 2.65 bits per heavy atom. The number of rotatable bonds is 1. The highest BCUT2D eigenvalue weighted by Gasteiger charge is 2.12. The fraction of sp³-hybridized carbons (Fsp3) is 0.0667. The number of aromatic nitrogens is 2. The molecule has 3 nitrogen and oxygen atoms in total. The molecule has 0 aliphatic carbocycles. The number of benzene rings is 1. The molecule has 100 valence electrons. The van der Waals surface area contributed by atoms with Crippen molar-refractivity contribution < 1.29 is 8.78 Å². The zero-order valence-corrected chi connectivity index (χ0v) is 10.6. The monoisotopic (exact) mass is 272 g/mol. The third-order valence-electron chi connectivity index (χ3n) is 3.19. The third kappa shape index (κ3) is 1.87. The standard InChI is InChI=1S/C15H10F2N2O/c1-19-7-5-10-11(15(19)20)4-6-18-14(10)12-3-2-9(16)8-13(12)17/h2-8H,1H3. The van der Waals surface area contributed by atoms with Gasteiger partial charge in [-0.15, -0.1) is 0 Å². The highest BCUT2D eigenvalue weighted by atomic mass is 19.1. The van der Waals surface area contributed by atoms with Gasteiger partial charge in [-0.25, -0.2) is 8.78 Å². The lowest BCUT2D eigenvalue weighted by Gasteiger charge is -2.07. The molecule has 2 aromatic heterocycles. The first kappa shape index (κ1) is 12.5. The Bertz CT molecular complexity index is 871. The topological polar surface area (TPSA) is 34.9 Å². The van der Waals surface area contributed by atoms with Crippen molar-refractivity contribution in [1.29, 1.82) is 0 Å². The van der Waals surface area contributed by atoms with Crippen LogP contribution in [0.2, 0.25) is 0 Å². The maximum atomic E-state index is 13.9. The van der Waals surface area contributed by atoms with Crippen molar-refractivity contribution in [2.24, 2.45) is 7.05 Å². The van der Waals surface area contributed by atoms with Gasteiger partial charge < -0.3 is 4.57 Å². The molecular weight excluding hydrogens is 262 g/mol. The Morgan fingerprint density at radius 1 is 1.10 bits per heavy atom. The quantitative estimate of drug-likeness (QED) is 0.682. The van der Waals surface area contributed by atoms with E-state index in [1.807, 2.05) is 0 Å². The van der Waals surface area contributed by atoms with Gasteiger partial charge in [0.1, 0.15) is 11.6 Å². The number of aryl methyl sites for hydroxylation is 1. The predicted octanol–water partition coefficient (Wildman–Crippen LogP) is 2.88. The first-order valence-electron chi connectivity index (χ1n) is 5.97. The number of fused-ring (bicyclic) bond motifs is 1. The lowest BCUT2D eigenvalue weighted by Crippen LogP contribution is -2.15. The zero-order chi connectivity index (χ0) is 14.3. The summed E-state index contributed by atoms with van der Waals surface area (Å²) in [7, 11) is 1.64. The van der Waals surface area contributed by atoms with Gasteiger partial charge in [-0.1, -0.05) is 0 Å². The van der Waals surface area contributed by atoms with Gasteiger partial charge in [-0.05, 0) is 24.3 Å². The van der Waals surface area contributed by atoms with Crippen molar-refractivity contribution in [3.8, 4) is 11.3 Å². The summed E-state index contributed by atoms with van der Waals surface area (Å²) in [6.07, 6.45) is 3.04. The average Bonchev–Trinajstić information content (AvgIpc) is 2.43. The smallest absolute Gasteiger partial charge is 0.258 e. The fourth-order valence-electron chi connectivity index (χ4n) is 2.17. The zero-order valence-electron chi connectivity index (χ0n) is 10.6. The van der Waals surface area contributed by atoms with Crippen molar-refractivity contribution in [1.82, 2.24) is 9.55 Å². The number of pyridine rings is 2. The van der Waals surface area contributed by atoms with Crippen molar-refractivity contribution in [2.45, 2.75) is 0 Å². The molecule has 3 rings (SSSR count). The van der Waals surface area contributed by atoms with Gasteiger partial charge in [0.25, 0.3) is 5.56 Å². The second-order valence-corrected chi connectivity index (χ2v) is 4.48. The molecule has 0 N–H and O–H groups in total. The summed E-state index contributed by atoms with van der Waals surface area (Å²) in [6, 6.07) is 6.57. The summed E-state index contributed by atoms with van der Waals surface area (Å²) in [5.41, 5.74) is 0.316. The SMILES string of the molecule is Cn1ccc2c(-c3ccc(F)cc3F)nccc2c1=O. The average molecular weight is 272 g/mol. The molecule has 1 aromatic carbocycles. The number of nitrogens with zero attached hydrogens (tertiary/aromatic N) is 2. The van der Waals surface area contributed by atoms with Crippen LogP contribution >= 0.6 is 0 Å². The van der Waals surface area contributed by atoms with Crippen LogP contribution in [0.1, 0.15) is 0 Å². The summed E-state index contributed by atoms with van der Waals surface area (Å²) in [4.78, 5) is 16.2. The highest BCUT2D eigenvalue weighted by molar-refractivity contribution is 5.93. The summed E-state index contributed by atoms with van der Waals surface area (Å²) in [6.45, 7) is 0. The summed E-state index contributed by atoms with van der Waals surface area (Å²) in [5, 5.41) is 0.991. The van der Waals surface area contributed by atoms with E-state index in [0.29, 0.717) is 16.5 Å². The molecule has 0 saturated heterocycles. The number of halogens is 2. The number of hydrogen-bond acceptors (Lipinski definition) is 2. The van der Waals surface area contributed by atoms with Crippen LogP contribution in [0.15, 0.2) is 47.5 Å². The van der Waals surface area contributed by atoms with Gasteiger partial charge in [-0.3, -0.25) is 9.78 Å². The van der Waals surface area contributed by atoms with E-state index >= 15 is 0 Å². The Kier molecular flexibility index (Phi) is 2.82. The number of hydrogen-bond donors (Lipinski definition) is 0. The van der Waals surface area contributed by atoms with Crippen LogP contribution in [-0.4, -0.2) is 9.55 Å². The van der Waals surface area contributed by atoms with E-state index in [-0.39, 0.29) is 11.1 Å². The van der Waals surface area contributed by atoms with E-state index in [1.54, 1.807) is 25.4 Å². The van der Waals surface area contributed by atoms with E-state index in [4.69, 9.17) is 0 Å². The van der Waals surface area contributed by atoms with Gasteiger partial charge in [0.05, 0.1) is 11.1 Å². The van der Waals surface area contributed by atoms with E-state index in [0.717, 1.165) is 6.07 Å². The molecule has 0 aliphatic heterocycles. The van der Waals surface area contributed by atoms with Crippen LogP contribution in [0.5, 0.6) is 0 Å². The largest absolute Gasteiger partial charge is 0.318 e. The molecule has 0 amide bonds. The normalized spacial score (nSPS) is 10.9. The molecule has 0 spiro atoms. The van der Waals surface area contributed by atoms with Crippen LogP contribution < -0.4 is 5.56 Å². The lowest BCUT2D eigenvalue weighted by molar-refractivity contribution is 0.585. The maximum absolute atomic E-state index is 13.9. The molecular formula is C15H10F2N2O. The van der Waals surface area contributed by atoms with Crippen molar-refractivity contribution in [3.63, 3.8) is 0 Å². The van der Waals surface area contributed by atoms with Gasteiger partial charge in [0, 0.05) is 36.5 Å². The molecule has 0 aliphatic rings. The van der Waals surface area contributed by atoms with Crippen LogP contribution in [0.25, 0.3) is 22.0 Å². The summed E-state index contributed by atoms with van der Waals surface area (Å²) < 4.78 is 28.3. The molecule has 2 heterocycles. The van der Waals surface area contributed by atoms with Gasteiger partial charge in [0.15, 0.2) is 0 Å². The minimum absolute atomic E-state index is 0.172. The minimum atomic E-state index is -0.703. The van der Waals surface area contributed by atoms with Crippen molar-refractivity contribution >= 4 is 10.8 Å². The van der Waals surface area contributed by atoms with Crippen LogP contribution in [0.3, 0.4) is 0 Å². The Morgan fingerprint density at radius 2 is 1.90 bits per heavy atom. The van der Waals surface area contributed by atoms with Gasteiger partial charge >= 0.3 is 0 Å². The molecule has 20 heavy (non-hydrogen) atoms. The predicted molar refractivity (Wildman–Crippen MR) is 72.3 cm³/mol. The minimum Gasteiger partial charge on any atom is -0.318 e. The molecule has 0 radical (unpaired) electrons. The molecule has 5 heteroatoms. The van der Waals surface area contributed by atoms with Crippen LogP contribution in [0.4, 0.5) is 8.78 Å². The molecule has 0 unspecified atom stereocenters. The molecule has 0 fully saturated rings.